The second-order valence-corrected chi connectivity index (χ2v) is 6.98. The number of aliphatic hydroxyl groups is 1. The second-order valence-electron chi connectivity index (χ2n) is 6.98. The van der Waals surface area contributed by atoms with Crippen LogP contribution in [0.4, 0.5) is 4.39 Å². The number of likely N-dealkylation sites (N-methyl/N-ethyl adjacent to an activating group) is 1. The van der Waals surface area contributed by atoms with Crippen molar-refractivity contribution < 1.29 is 24.1 Å². The number of piperazine rings is 1. The van der Waals surface area contributed by atoms with Crippen LogP contribution in [0.1, 0.15) is 16.5 Å². The van der Waals surface area contributed by atoms with Crippen LogP contribution in [0.3, 0.4) is 0 Å². The lowest BCUT2D eigenvalue weighted by molar-refractivity contribution is -0.0311. The SMILES string of the molecule is CN1CCN(C2[C@H](CO)Oc3cc(F)cc4c(=O)c(C(=O)O)cn2c34)CC1. The molecule has 0 radical (unpaired) electrons. The molecule has 0 aliphatic carbocycles. The van der Waals surface area contributed by atoms with E-state index in [1.807, 2.05) is 7.05 Å². The van der Waals surface area contributed by atoms with E-state index >= 15 is 0 Å². The zero-order chi connectivity index (χ0) is 19.3. The largest absolute Gasteiger partial charge is 0.482 e. The number of aliphatic hydroxyl groups excluding tert-OH is 1. The summed E-state index contributed by atoms with van der Waals surface area (Å²) >= 11 is 0. The normalized spacial score (nSPS) is 23.4. The number of ether oxygens (including phenoxy) is 1. The van der Waals surface area contributed by atoms with Crippen LogP contribution in [0.2, 0.25) is 0 Å². The predicted octanol–water partition coefficient (Wildman–Crippen LogP) is 0.338. The fourth-order valence-electron chi connectivity index (χ4n) is 3.90. The standard InChI is InChI=1S/C18H20FN3O5/c1-20-2-4-21(5-3-20)17-14(9-23)27-13-7-10(19)6-11-15(13)22(17)8-12(16(11)24)18(25)26/h6-8,14,17,23H,2-5,9H2,1H3,(H,25,26)/t14-,17?/m0/s1. The summed E-state index contributed by atoms with van der Waals surface area (Å²) in [6.45, 7) is 2.66. The molecule has 2 aromatic rings. The van der Waals surface area contributed by atoms with E-state index in [9.17, 15) is 24.2 Å². The first kappa shape index (κ1) is 17.9. The summed E-state index contributed by atoms with van der Waals surface area (Å²) in [7, 11) is 2.01. The molecule has 27 heavy (non-hydrogen) atoms. The Kier molecular flexibility index (Phi) is 4.37. The van der Waals surface area contributed by atoms with Crippen molar-refractivity contribution in [1.29, 1.82) is 0 Å². The number of hydrogen-bond donors (Lipinski definition) is 2. The van der Waals surface area contributed by atoms with Crippen LogP contribution in [-0.2, 0) is 0 Å². The summed E-state index contributed by atoms with van der Waals surface area (Å²) in [5, 5.41) is 19.3. The highest BCUT2D eigenvalue weighted by Crippen LogP contribution is 2.37. The Morgan fingerprint density at radius 2 is 2.00 bits per heavy atom. The van der Waals surface area contributed by atoms with Crippen molar-refractivity contribution in [3.8, 4) is 5.75 Å². The lowest BCUT2D eigenvalue weighted by Crippen LogP contribution is -2.53. The van der Waals surface area contributed by atoms with E-state index in [4.69, 9.17) is 4.74 Å². The molecule has 1 unspecified atom stereocenters. The van der Waals surface area contributed by atoms with Crippen LogP contribution in [0.5, 0.6) is 5.75 Å². The minimum atomic E-state index is -1.37. The van der Waals surface area contributed by atoms with Gasteiger partial charge in [-0.3, -0.25) is 9.69 Å². The Bertz CT molecular complexity index is 968. The molecule has 2 aliphatic heterocycles. The van der Waals surface area contributed by atoms with Crippen LogP contribution in [0.25, 0.3) is 10.9 Å². The lowest BCUT2D eigenvalue weighted by atomic mass is 10.1. The third-order valence-corrected chi connectivity index (χ3v) is 5.27. The summed E-state index contributed by atoms with van der Waals surface area (Å²) in [6.07, 6.45) is 0.0701. The number of carboxylic acid groups (broad SMARTS) is 1. The fraction of sp³-hybridized carbons (Fsp3) is 0.444. The van der Waals surface area contributed by atoms with Gasteiger partial charge in [-0.1, -0.05) is 0 Å². The third-order valence-electron chi connectivity index (χ3n) is 5.27. The lowest BCUT2D eigenvalue weighted by Gasteiger charge is -2.44. The zero-order valence-electron chi connectivity index (χ0n) is 14.8. The molecule has 144 valence electrons. The first-order valence-electron chi connectivity index (χ1n) is 8.72. The van der Waals surface area contributed by atoms with Gasteiger partial charge >= 0.3 is 5.97 Å². The number of aromatic carboxylic acids is 1. The maximum absolute atomic E-state index is 14.0. The molecule has 0 spiro atoms. The van der Waals surface area contributed by atoms with Gasteiger partial charge in [-0.2, -0.15) is 0 Å². The summed E-state index contributed by atoms with van der Waals surface area (Å²) in [6, 6.07) is 2.19. The molecule has 0 amide bonds. The van der Waals surface area contributed by atoms with Gasteiger partial charge in [0.1, 0.15) is 23.3 Å². The summed E-state index contributed by atoms with van der Waals surface area (Å²) < 4.78 is 21.5. The van der Waals surface area contributed by atoms with E-state index in [1.54, 1.807) is 4.57 Å². The second kappa shape index (κ2) is 6.59. The van der Waals surface area contributed by atoms with E-state index in [0.717, 1.165) is 25.2 Å². The highest BCUT2D eigenvalue weighted by molar-refractivity contribution is 5.94. The predicted molar refractivity (Wildman–Crippen MR) is 94.7 cm³/mol. The Morgan fingerprint density at radius 3 is 2.63 bits per heavy atom. The van der Waals surface area contributed by atoms with Crippen molar-refractivity contribution in [3.63, 3.8) is 0 Å². The van der Waals surface area contributed by atoms with Crippen molar-refractivity contribution in [2.75, 3.05) is 39.8 Å². The maximum Gasteiger partial charge on any atom is 0.341 e. The number of carboxylic acids is 1. The molecule has 9 heteroatoms. The summed E-state index contributed by atoms with van der Waals surface area (Å²) in [5.41, 5.74) is -0.838. The molecular weight excluding hydrogens is 357 g/mol. The Morgan fingerprint density at radius 1 is 1.30 bits per heavy atom. The number of pyridine rings is 1. The average Bonchev–Trinajstić information content (AvgIpc) is 2.64. The first-order chi connectivity index (χ1) is 12.9. The van der Waals surface area contributed by atoms with Gasteiger partial charge < -0.3 is 24.4 Å². The van der Waals surface area contributed by atoms with Crippen LogP contribution in [-0.4, -0.2) is 76.5 Å². The van der Waals surface area contributed by atoms with Crippen molar-refractivity contribution in [2.45, 2.75) is 12.3 Å². The maximum atomic E-state index is 14.0. The number of nitrogens with zero attached hydrogens (tertiary/aromatic N) is 3. The van der Waals surface area contributed by atoms with Gasteiger partial charge in [0.15, 0.2) is 6.10 Å². The molecule has 0 saturated carbocycles. The smallest absolute Gasteiger partial charge is 0.341 e. The topological polar surface area (TPSA) is 95.2 Å². The van der Waals surface area contributed by atoms with Crippen molar-refractivity contribution in [1.82, 2.24) is 14.4 Å². The van der Waals surface area contributed by atoms with Crippen LogP contribution in [0, 0.1) is 5.82 Å². The molecule has 0 bridgehead atoms. The Labute approximate surface area is 154 Å². The molecule has 1 saturated heterocycles. The third kappa shape index (κ3) is 2.88. The molecule has 2 aliphatic rings. The number of rotatable bonds is 3. The van der Waals surface area contributed by atoms with Gasteiger partial charge in [0, 0.05) is 38.4 Å². The zero-order valence-corrected chi connectivity index (χ0v) is 14.8. The number of benzene rings is 1. The Hall–Kier alpha value is -2.49. The molecule has 2 N–H and O–H groups in total. The van der Waals surface area contributed by atoms with Crippen molar-refractivity contribution in [2.24, 2.45) is 0 Å². The minimum absolute atomic E-state index is 0.0413. The van der Waals surface area contributed by atoms with E-state index in [2.05, 4.69) is 9.80 Å². The number of aromatic nitrogens is 1. The summed E-state index contributed by atoms with van der Waals surface area (Å²) in [5.74, 6) is -1.94. The van der Waals surface area contributed by atoms with E-state index in [1.165, 1.54) is 6.20 Å². The molecule has 1 aromatic heterocycles. The van der Waals surface area contributed by atoms with Gasteiger partial charge in [-0.15, -0.1) is 0 Å². The average molecular weight is 377 g/mol. The molecule has 4 rings (SSSR count). The number of halogens is 1. The van der Waals surface area contributed by atoms with E-state index < -0.39 is 35.0 Å². The van der Waals surface area contributed by atoms with E-state index in [0.29, 0.717) is 18.6 Å². The molecule has 1 aromatic carbocycles. The number of carbonyl (C=O) groups is 1. The minimum Gasteiger partial charge on any atom is -0.482 e. The van der Waals surface area contributed by atoms with Gasteiger partial charge in [0.2, 0.25) is 5.43 Å². The highest BCUT2D eigenvalue weighted by Gasteiger charge is 2.38. The fourth-order valence-corrected chi connectivity index (χ4v) is 3.90. The summed E-state index contributed by atoms with van der Waals surface area (Å²) in [4.78, 5) is 28.4. The van der Waals surface area contributed by atoms with E-state index in [-0.39, 0.29) is 17.7 Å². The van der Waals surface area contributed by atoms with Crippen molar-refractivity contribution >= 4 is 16.9 Å². The van der Waals surface area contributed by atoms with Crippen LogP contribution >= 0.6 is 0 Å². The van der Waals surface area contributed by atoms with Gasteiger partial charge in [-0.05, 0) is 13.1 Å². The molecule has 1 fully saturated rings. The Balaban J connectivity index is 1.97. The highest BCUT2D eigenvalue weighted by atomic mass is 19.1. The monoisotopic (exact) mass is 377 g/mol. The molecule has 2 atom stereocenters. The van der Waals surface area contributed by atoms with Gasteiger partial charge in [0.25, 0.3) is 0 Å². The van der Waals surface area contributed by atoms with Gasteiger partial charge in [-0.25, -0.2) is 9.18 Å². The quantitative estimate of drug-likeness (QED) is 0.796. The molecule has 3 heterocycles. The van der Waals surface area contributed by atoms with Gasteiger partial charge in [0.05, 0.1) is 17.5 Å². The number of hydrogen-bond acceptors (Lipinski definition) is 6. The first-order valence-corrected chi connectivity index (χ1v) is 8.72. The molecular formula is C18H20FN3O5. The van der Waals surface area contributed by atoms with Crippen LogP contribution < -0.4 is 10.2 Å². The van der Waals surface area contributed by atoms with Crippen LogP contribution in [0.15, 0.2) is 23.1 Å². The molecule has 8 nitrogen and oxygen atoms in total. The van der Waals surface area contributed by atoms with Crippen molar-refractivity contribution in [3.05, 3.63) is 39.9 Å².